The van der Waals surface area contributed by atoms with Gasteiger partial charge in [-0.1, -0.05) is 18.5 Å². The van der Waals surface area contributed by atoms with E-state index in [1.807, 2.05) is 19.1 Å². The molecule has 18 heavy (non-hydrogen) atoms. The lowest BCUT2D eigenvalue weighted by atomic mass is 10.2. The molecule has 0 unspecified atom stereocenters. The Morgan fingerprint density at radius 3 is 2.33 bits per heavy atom. The fourth-order valence-corrected chi connectivity index (χ4v) is 1.72. The zero-order valence-electron chi connectivity index (χ0n) is 10.4. The molecule has 5 nitrogen and oxygen atoms in total. The van der Waals surface area contributed by atoms with Crippen LogP contribution >= 0.6 is 11.6 Å². The third kappa shape index (κ3) is 3.32. The lowest BCUT2D eigenvalue weighted by molar-refractivity contribution is 0.812. The van der Waals surface area contributed by atoms with Crippen molar-refractivity contribution in [2.24, 2.45) is 0 Å². The molecule has 0 atom stereocenters. The van der Waals surface area contributed by atoms with Gasteiger partial charge in [0.25, 0.3) is 0 Å². The predicted molar refractivity (Wildman–Crippen MR) is 69.2 cm³/mol. The maximum atomic E-state index is 8.78. The maximum absolute atomic E-state index is 8.78. The molecule has 0 fully saturated rings. The number of nitrogens with zero attached hydrogens (tertiary/aromatic N) is 5. The summed E-state index contributed by atoms with van der Waals surface area (Å²) >= 11 is 6.06. The largest absolute Gasteiger partial charge is 0.330 e. The highest BCUT2D eigenvalue weighted by molar-refractivity contribution is 6.30. The Morgan fingerprint density at radius 1 is 1.22 bits per heavy atom. The Morgan fingerprint density at radius 2 is 1.83 bits per heavy atom. The van der Waals surface area contributed by atoms with Gasteiger partial charge >= 0.3 is 0 Å². The summed E-state index contributed by atoms with van der Waals surface area (Å²) in [5.41, 5.74) is 0.696. The first-order valence-electron chi connectivity index (χ1n) is 5.65. The molecule has 1 heterocycles. The molecule has 0 aliphatic rings. The van der Waals surface area contributed by atoms with Crippen molar-refractivity contribution in [1.29, 1.82) is 10.5 Å². The summed E-state index contributed by atoms with van der Waals surface area (Å²) in [7, 11) is 0. The average Bonchev–Trinajstić information content (AvgIpc) is 2.34. The first-order chi connectivity index (χ1) is 8.63. The van der Waals surface area contributed by atoms with Gasteiger partial charge in [0, 0.05) is 12.0 Å². The quantitative estimate of drug-likeness (QED) is 0.601. The molecule has 0 aliphatic heterocycles. The molecule has 1 aromatic heterocycles. The Labute approximate surface area is 112 Å². The van der Waals surface area contributed by atoms with Crippen molar-refractivity contribution in [3.63, 3.8) is 0 Å². The molecule has 0 bridgehead atoms. The summed E-state index contributed by atoms with van der Waals surface area (Å²) < 4.78 is 0. The summed E-state index contributed by atoms with van der Waals surface area (Å²) in [6, 6.07) is 4.04. The van der Waals surface area contributed by atoms with Crippen molar-refractivity contribution in [1.82, 2.24) is 9.97 Å². The molecule has 94 valence electrons. The monoisotopic (exact) mass is 263 g/mol. The van der Waals surface area contributed by atoms with Crippen LogP contribution in [0.5, 0.6) is 0 Å². The van der Waals surface area contributed by atoms with Gasteiger partial charge in [0.05, 0.1) is 12.1 Å². The third-order valence-corrected chi connectivity index (χ3v) is 2.77. The highest BCUT2D eigenvalue weighted by Crippen LogP contribution is 2.23. The second-order valence-corrected chi connectivity index (χ2v) is 4.16. The number of aryl methyl sites for hydroxylation is 1. The normalized spacial score (nSPS) is 9.61. The van der Waals surface area contributed by atoms with Crippen LogP contribution in [0, 0.1) is 29.6 Å². The van der Waals surface area contributed by atoms with Gasteiger partial charge in [-0.15, -0.1) is 0 Å². The number of hydrogen-bond donors (Lipinski definition) is 0. The van der Waals surface area contributed by atoms with Crippen LogP contribution in [0.4, 0.5) is 5.82 Å². The first-order valence-corrected chi connectivity index (χ1v) is 6.03. The van der Waals surface area contributed by atoms with E-state index >= 15 is 0 Å². The molecule has 0 spiro atoms. The Balaban J connectivity index is 3.19. The van der Waals surface area contributed by atoms with Crippen LogP contribution in [0.3, 0.4) is 0 Å². The summed E-state index contributed by atoms with van der Waals surface area (Å²) in [5, 5.41) is 17.9. The van der Waals surface area contributed by atoms with Gasteiger partial charge in [-0.2, -0.15) is 10.5 Å². The van der Waals surface area contributed by atoms with E-state index in [1.54, 1.807) is 11.8 Å². The van der Waals surface area contributed by atoms with E-state index in [4.69, 9.17) is 22.1 Å². The minimum absolute atomic E-state index is 0.104. The van der Waals surface area contributed by atoms with Gasteiger partial charge in [-0.3, -0.25) is 0 Å². The van der Waals surface area contributed by atoms with Crippen LogP contribution in [0.15, 0.2) is 0 Å². The molecule has 0 saturated heterocycles. The number of nitriles is 2. The fourth-order valence-electron chi connectivity index (χ4n) is 1.54. The number of aromatic nitrogens is 2. The highest BCUT2D eigenvalue weighted by Gasteiger charge is 2.15. The molecule has 0 aliphatic carbocycles. The highest BCUT2D eigenvalue weighted by atomic mass is 35.5. The second kappa shape index (κ2) is 6.78. The van der Waals surface area contributed by atoms with Crippen molar-refractivity contribution < 1.29 is 0 Å². The van der Waals surface area contributed by atoms with E-state index in [0.29, 0.717) is 22.4 Å². The van der Waals surface area contributed by atoms with Gasteiger partial charge in [-0.25, -0.2) is 9.97 Å². The van der Waals surface area contributed by atoms with Crippen molar-refractivity contribution >= 4 is 17.4 Å². The van der Waals surface area contributed by atoms with Crippen molar-refractivity contribution in [3.8, 4) is 12.1 Å². The SMILES string of the molecule is CCCc1nc(Cl)c(C)c(N(CC#N)CC#N)n1. The Hall–Kier alpha value is -1.85. The van der Waals surface area contributed by atoms with Gasteiger partial charge in [0.1, 0.15) is 29.9 Å². The number of rotatable bonds is 5. The van der Waals surface area contributed by atoms with Crippen LogP contribution in [0.25, 0.3) is 0 Å². The Bertz CT molecular complexity index is 484. The van der Waals surface area contributed by atoms with E-state index in [2.05, 4.69) is 9.97 Å². The zero-order valence-corrected chi connectivity index (χ0v) is 11.2. The molecule has 0 radical (unpaired) electrons. The predicted octanol–water partition coefficient (Wildman–Crippen LogP) is 2.24. The zero-order chi connectivity index (χ0) is 13.5. The van der Waals surface area contributed by atoms with E-state index in [-0.39, 0.29) is 13.1 Å². The molecule has 1 aromatic rings. The number of anilines is 1. The fraction of sp³-hybridized carbons (Fsp3) is 0.500. The molecular weight excluding hydrogens is 250 g/mol. The second-order valence-electron chi connectivity index (χ2n) is 3.80. The van der Waals surface area contributed by atoms with Crippen molar-refractivity contribution in [2.45, 2.75) is 26.7 Å². The van der Waals surface area contributed by atoms with Crippen LogP contribution < -0.4 is 4.90 Å². The topological polar surface area (TPSA) is 76.6 Å². The maximum Gasteiger partial charge on any atom is 0.138 e. The number of hydrogen-bond acceptors (Lipinski definition) is 5. The molecule has 0 amide bonds. The van der Waals surface area contributed by atoms with Crippen molar-refractivity contribution in [3.05, 3.63) is 16.5 Å². The molecule has 0 N–H and O–H groups in total. The van der Waals surface area contributed by atoms with Gasteiger partial charge in [0.2, 0.25) is 0 Å². The summed E-state index contributed by atoms with van der Waals surface area (Å²) in [6.07, 6.45) is 1.63. The molecule has 1 rings (SSSR count). The molecular formula is C12H14ClN5. The molecule has 0 saturated carbocycles. The average molecular weight is 264 g/mol. The van der Waals surface area contributed by atoms with Crippen LogP contribution in [0.2, 0.25) is 5.15 Å². The lowest BCUT2D eigenvalue weighted by Crippen LogP contribution is -2.26. The summed E-state index contributed by atoms with van der Waals surface area (Å²) in [5.74, 6) is 1.21. The van der Waals surface area contributed by atoms with Crippen molar-refractivity contribution in [2.75, 3.05) is 18.0 Å². The van der Waals surface area contributed by atoms with Crippen LogP contribution in [0.1, 0.15) is 24.7 Å². The Kier molecular flexibility index (Phi) is 5.35. The van der Waals surface area contributed by atoms with Crippen LogP contribution in [-0.2, 0) is 6.42 Å². The van der Waals surface area contributed by atoms with E-state index in [0.717, 1.165) is 12.8 Å². The summed E-state index contributed by atoms with van der Waals surface area (Å²) in [6.45, 7) is 4.02. The molecule has 0 aromatic carbocycles. The minimum Gasteiger partial charge on any atom is -0.330 e. The van der Waals surface area contributed by atoms with Gasteiger partial charge < -0.3 is 4.90 Å². The van der Waals surface area contributed by atoms with Gasteiger partial charge in [0.15, 0.2) is 0 Å². The van der Waals surface area contributed by atoms with E-state index in [9.17, 15) is 0 Å². The van der Waals surface area contributed by atoms with Gasteiger partial charge in [-0.05, 0) is 13.3 Å². The summed E-state index contributed by atoms with van der Waals surface area (Å²) in [4.78, 5) is 10.2. The van der Waals surface area contributed by atoms with E-state index < -0.39 is 0 Å². The third-order valence-electron chi connectivity index (χ3n) is 2.40. The first kappa shape index (κ1) is 14.2. The van der Waals surface area contributed by atoms with Crippen LogP contribution in [-0.4, -0.2) is 23.1 Å². The minimum atomic E-state index is 0.104. The standard InChI is InChI=1S/C12H14ClN5/c1-3-4-10-16-11(13)9(2)12(17-10)18(7-5-14)8-6-15/h3-4,7-8H2,1-2H3. The lowest BCUT2D eigenvalue weighted by Gasteiger charge is -2.20. The smallest absolute Gasteiger partial charge is 0.138 e. The van der Waals surface area contributed by atoms with E-state index in [1.165, 1.54) is 0 Å². The number of halogens is 1. The molecule has 6 heteroatoms.